The number of methoxy groups -OCH3 is 1. The Morgan fingerprint density at radius 1 is 1.16 bits per heavy atom. The summed E-state index contributed by atoms with van der Waals surface area (Å²) in [4.78, 5) is 16.3. The van der Waals surface area contributed by atoms with Crippen molar-refractivity contribution in [2.45, 2.75) is 12.8 Å². The lowest BCUT2D eigenvalue weighted by atomic mass is 10.1. The minimum absolute atomic E-state index is 0.0309. The summed E-state index contributed by atoms with van der Waals surface area (Å²) < 4.78 is 49.6. The van der Waals surface area contributed by atoms with Gasteiger partial charge < -0.3 is 14.8 Å². The van der Waals surface area contributed by atoms with E-state index in [-0.39, 0.29) is 12.5 Å². The summed E-state index contributed by atoms with van der Waals surface area (Å²) >= 11 is 1.26. The van der Waals surface area contributed by atoms with Crippen molar-refractivity contribution in [3.63, 3.8) is 0 Å². The molecule has 0 fully saturated rings. The van der Waals surface area contributed by atoms with Crippen molar-refractivity contribution in [3.8, 4) is 11.5 Å². The molecule has 1 amide bonds. The first-order chi connectivity index (χ1) is 14.8. The Balaban J connectivity index is 1.70. The van der Waals surface area contributed by atoms with Crippen LogP contribution in [0.2, 0.25) is 0 Å². The van der Waals surface area contributed by atoms with Crippen LogP contribution in [0.3, 0.4) is 0 Å². The SMILES string of the molecule is CNC(=O)c1cnc(/C=C/c2ccc(OCc3cccc(C(F)(F)F)c3)c(OC)c2)s1. The Morgan fingerprint density at radius 3 is 2.68 bits per heavy atom. The molecule has 1 N–H and O–H groups in total. The molecular formula is C22H19F3N2O3S. The van der Waals surface area contributed by atoms with E-state index < -0.39 is 11.7 Å². The number of ether oxygens (including phenoxy) is 2. The molecule has 0 atom stereocenters. The average molecular weight is 448 g/mol. The highest BCUT2D eigenvalue weighted by atomic mass is 32.1. The van der Waals surface area contributed by atoms with E-state index >= 15 is 0 Å². The van der Waals surface area contributed by atoms with Crippen molar-refractivity contribution in [2.24, 2.45) is 0 Å². The molecule has 162 valence electrons. The highest BCUT2D eigenvalue weighted by Crippen LogP contribution is 2.32. The second kappa shape index (κ2) is 9.65. The fourth-order valence-corrected chi connectivity index (χ4v) is 3.43. The Kier molecular flexibility index (Phi) is 6.96. The number of nitrogens with one attached hydrogen (secondary N) is 1. The molecule has 1 heterocycles. The van der Waals surface area contributed by atoms with Gasteiger partial charge in [0.1, 0.15) is 16.5 Å². The standard InChI is InChI=1S/C22H19F3N2O3S/c1-26-21(28)19-12-27-20(31-19)9-7-14-6-8-17(18(11-14)29-2)30-13-15-4-3-5-16(10-15)22(23,24)25/h3-12H,13H2,1-2H3,(H,26,28)/b9-7+. The van der Waals surface area contributed by atoms with Crippen LogP contribution in [-0.4, -0.2) is 25.0 Å². The number of amides is 1. The number of hydrogen-bond donors (Lipinski definition) is 1. The van der Waals surface area contributed by atoms with Gasteiger partial charge in [0.2, 0.25) is 0 Å². The summed E-state index contributed by atoms with van der Waals surface area (Å²) in [5.41, 5.74) is 0.485. The van der Waals surface area contributed by atoms with Gasteiger partial charge in [-0.2, -0.15) is 13.2 Å². The van der Waals surface area contributed by atoms with Gasteiger partial charge in [-0.3, -0.25) is 4.79 Å². The van der Waals surface area contributed by atoms with Crippen LogP contribution in [0.15, 0.2) is 48.7 Å². The summed E-state index contributed by atoms with van der Waals surface area (Å²) in [6.45, 7) is -0.0309. The van der Waals surface area contributed by atoms with Crippen LogP contribution in [0.5, 0.6) is 11.5 Å². The van der Waals surface area contributed by atoms with Crippen molar-refractivity contribution in [3.05, 3.63) is 75.2 Å². The normalized spacial score (nSPS) is 11.5. The minimum atomic E-state index is -4.40. The number of carbonyl (C=O) groups is 1. The van der Waals surface area contributed by atoms with Gasteiger partial charge in [0.05, 0.1) is 18.9 Å². The molecule has 0 saturated heterocycles. The zero-order valence-corrected chi connectivity index (χ0v) is 17.5. The van der Waals surface area contributed by atoms with Crippen molar-refractivity contribution < 1.29 is 27.4 Å². The summed E-state index contributed by atoms with van der Waals surface area (Å²) in [6, 6.07) is 10.2. The number of nitrogens with zero attached hydrogens (tertiary/aromatic N) is 1. The van der Waals surface area contributed by atoms with E-state index in [0.717, 1.165) is 17.7 Å². The second-order valence-electron chi connectivity index (χ2n) is 6.37. The molecule has 0 aliphatic heterocycles. The van der Waals surface area contributed by atoms with Crippen LogP contribution in [0.1, 0.15) is 31.4 Å². The Morgan fingerprint density at radius 2 is 1.97 bits per heavy atom. The van der Waals surface area contributed by atoms with Crippen molar-refractivity contribution in [1.29, 1.82) is 0 Å². The zero-order valence-electron chi connectivity index (χ0n) is 16.7. The van der Waals surface area contributed by atoms with E-state index in [0.29, 0.717) is 26.9 Å². The molecule has 0 radical (unpaired) electrons. The third-order valence-electron chi connectivity index (χ3n) is 4.23. The van der Waals surface area contributed by atoms with Crippen molar-refractivity contribution >= 4 is 29.4 Å². The molecule has 9 heteroatoms. The Bertz CT molecular complexity index is 1090. The first-order valence-corrected chi connectivity index (χ1v) is 9.95. The maximum atomic E-state index is 12.9. The predicted molar refractivity (Wildman–Crippen MR) is 113 cm³/mol. The molecule has 2 aromatic carbocycles. The molecule has 0 aliphatic carbocycles. The number of carbonyl (C=O) groups excluding carboxylic acids is 1. The molecule has 3 rings (SSSR count). The van der Waals surface area contributed by atoms with Gasteiger partial charge in [0.25, 0.3) is 5.91 Å². The van der Waals surface area contributed by atoms with Gasteiger partial charge in [-0.05, 0) is 41.5 Å². The highest BCUT2D eigenvalue weighted by molar-refractivity contribution is 7.14. The zero-order chi connectivity index (χ0) is 22.4. The second-order valence-corrected chi connectivity index (χ2v) is 7.43. The summed E-state index contributed by atoms with van der Waals surface area (Å²) in [6.07, 6.45) is 0.690. The van der Waals surface area contributed by atoms with Gasteiger partial charge >= 0.3 is 6.18 Å². The lowest BCUT2D eigenvalue weighted by molar-refractivity contribution is -0.137. The van der Waals surface area contributed by atoms with E-state index in [1.54, 1.807) is 37.4 Å². The predicted octanol–water partition coefficient (Wildman–Crippen LogP) is 5.28. The molecule has 5 nitrogen and oxygen atoms in total. The largest absolute Gasteiger partial charge is 0.493 e. The van der Waals surface area contributed by atoms with Gasteiger partial charge in [-0.1, -0.05) is 24.3 Å². The molecule has 0 saturated carbocycles. The first-order valence-electron chi connectivity index (χ1n) is 9.13. The van der Waals surface area contributed by atoms with E-state index in [1.807, 2.05) is 6.08 Å². The number of halogens is 3. The lowest BCUT2D eigenvalue weighted by Crippen LogP contribution is -2.16. The van der Waals surface area contributed by atoms with Crippen molar-refractivity contribution in [1.82, 2.24) is 10.3 Å². The lowest BCUT2D eigenvalue weighted by Gasteiger charge is -2.13. The third-order valence-corrected chi connectivity index (χ3v) is 5.19. The van der Waals surface area contributed by atoms with E-state index in [4.69, 9.17) is 9.47 Å². The Hall–Kier alpha value is -3.33. The molecule has 31 heavy (non-hydrogen) atoms. The number of thiazole rings is 1. The van der Waals surface area contributed by atoms with Crippen LogP contribution in [0.25, 0.3) is 12.2 Å². The van der Waals surface area contributed by atoms with Gasteiger partial charge in [0, 0.05) is 7.05 Å². The molecular weight excluding hydrogens is 429 g/mol. The highest BCUT2D eigenvalue weighted by Gasteiger charge is 2.30. The number of alkyl halides is 3. The summed E-state index contributed by atoms with van der Waals surface area (Å²) in [7, 11) is 3.04. The maximum Gasteiger partial charge on any atom is 0.416 e. The summed E-state index contributed by atoms with van der Waals surface area (Å²) in [5, 5.41) is 3.21. The van der Waals surface area contributed by atoms with E-state index in [1.165, 1.54) is 30.7 Å². The van der Waals surface area contributed by atoms with Crippen molar-refractivity contribution in [2.75, 3.05) is 14.2 Å². The van der Waals surface area contributed by atoms with Crippen LogP contribution in [0, 0.1) is 0 Å². The average Bonchev–Trinajstić information content (AvgIpc) is 3.24. The van der Waals surface area contributed by atoms with Crippen LogP contribution < -0.4 is 14.8 Å². The molecule has 0 spiro atoms. The quantitative estimate of drug-likeness (QED) is 0.534. The summed E-state index contributed by atoms with van der Waals surface area (Å²) in [5.74, 6) is 0.661. The molecule has 0 aliphatic rings. The number of benzene rings is 2. The van der Waals surface area contributed by atoms with Crippen LogP contribution >= 0.6 is 11.3 Å². The van der Waals surface area contributed by atoms with Gasteiger partial charge in [0.15, 0.2) is 11.5 Å². The smallest absolute Gasteiger partial charge is 0.416 e. The molecule has 0 bridgehead atoms. The van der Waals surface area contributed by atoms with E-state index in [2.05, 4.69) is 10.3 Å². The van der Waals surface area contributed by atoms with E-state index in [9.17, 15) is 18.0 Å². The minimum Gasteiger partial charge on any atom is -0.493 e. The molecule has 0 unspecified atom stereocenters. The number of rotatable bonds is 7. The van der Waals surface area contributed by atoms with Crippen LogP contribution in [0.4, 0.5) is 13.2 Å². The maximum absolute atomic E-state index is 12.9. The van der Waals surface area contributed by atoms with Crippen LogP contribution in [-0.2, 0) is 12.8 Å². The van der Waals surface area contributed by atoms with Gasteiger partial charge in [-0.25, -0.2) is 4.98 Å². The fourth-order valence-electron chi connectivity index (χ4n) is 2.67. The monoisotopic (exact) mass is 448 g/mol. The number of aromatic nitrogens is 1. The topological polar surface area (TPSA) is 60.5 Å². The molecule has 3 aromatic rings. The van der Waals surface area contributed by atoms with Gasteiger partial charge in [-0.15, -0.1) is 11.3 Å². The fraction of sp³-hybridized carbons (Fsp3) is 0.182. The number of hydrogen-bond acceptors (Lipinski definition) is 5. The third kappa shape index (κ3) is 5.85. The Labute approximate surface area is 181 Å². The first kappa shape index (κ1) is 22.4. The molecule has 1 aromatic heterocycles.